The second kappa shape index (κ2) is 4.87. The summed E-state index contributed by atoms with van der Waals surface area (Å²) < 4.78 is 6.56. The van der Waals surface area contributed by atoms with Crippen LogP contribution in [0.2, 0.25) is 0 Å². The van der Waals surface area contributed by atoms with E-state index in [1.54, 1.807) is 0 Å². The van der Waals surface area contributed by atoms with Crippen molar-refractivity contribution in [3.05, 3.63) is 24.3 Å². The third-order valence-corrected chi connectivity index (χ3v) is 3.78. The van der Waals surface area contributed by atoms with Crippen molar-refractivity contribution in [3.8, 4) is 5.75 Å². The van der Waals surface area contributed by atoms with Gasteiger partial charge in [-0.25, -0.2) is 0 Å². The number of ether oxygens (including phenoxy) is 1. The zero-order valence-electron chi connectivity index (χ0n) is 6.21. The Kier molecular flexibility index (Phi) is 4.07. The van der Waals surface area contributed by atoms with Crippen LogP contribution in [0.3, 0.4) is 0 Å². The van der Waals surface area contributed by atoms with Gasteiger partial charge in [0.15, 0.2) is 0 Å². The van der Waals surface area contributed by atoms with Gasteiger partial charge in [0, 0.05) is 0 Å². The Balaban J connectivity index is 2.83. The predicted molar refractivity (Wildman–Crippen MR) is 48.9 cm³/mol. The van der Waals surface area contributed by atoms with Crippen LogP contribution in [0.5, 0.6) is 5.75 Å². The molecule has 1 aromatic carbocycles. The van der Waals surface area contributed by atoms with Crippen molar-refractivity contribution in [2.45, 2.75) is 6.92 Å². The van der Waals surface area contributed by atoms with Gasteiger partial charge in [-0.3, -0.25) is 0 Å². The summed E-state index contributed by atoms with van der Waals surface area (Å²) in [7, 11) is 5.82. The number of hydrogen-bond donors (Lipinski definition) is 0. The van der Waals surface area contributed by atoms with Crippen LogP contribution in [-0.4, -0.2) is 26.4 Å². The van der Waals surface area contributed by atoms with Crippen molar-refractivity contribution >= 4 is 32.4 Å². The number of para-hydroxylation sites is 1. The molecule has 0 spiro atoms. The Hall–Kier alpha value is 0.0996. The average molecular weight is 284 g/mol. The summed E-state index contributed by atoms with van der Waals surface area (Å²) in [6.07, 6.45) is 0. The molecule has 0 radical (unpaired) electrons. The molecule has 0 amide bonds. The molecule has 0 unspecified atom stereocenters. The molecular weight excluding hydrogens is 275 g/mol. The van der Waals surface area contributed by atoms with Crippen LogP contribution in [-0.2, 0) is 0 Å². The molecule has 0 bridgehead atoms. The number of rotatable bonds is 3. The SMILES string of the molecule is CCOc1ccccc1[Te]Cl. The van der Waals surface area contributed by atoms with E-state index in [-0.39, 0.29) is 0 Å². The van der Waals surface area contributed by atoms with Crippen LogP contribution >= 0.6 is 8.96 Å². The van der Waals surface area contributed by atoms with Gasteiger partial charge in [-0.1, -0.05) is 0 Å². The summed E-state index contributed by atoms with van der Waals surface area (Å²) in [4.78, 5) is 0. The molecule has 1 rings (SSSR count). The van der Waals surface area contributed by atoms with Gasteiger partial charge in [-0.2, -0.15) is 0 Å². The van der Waals surface area contributed by atoms with E-state index >= 15 is 0 Å². The van der Waals surface area contributed by atoms with E-state index in [1.807, 2.05) is 31.2 Å². The van der Waals surface area contributed by atoms with E-state index in [0.29, 0.717) is 6.61 Å². The number of benzene rings is 1. The summed E-state index contributed by atoms with van der Waals surface area (Å²) >= 11 is -0.539. The minimum absolute atomic E-state index is 0.539. The molecule has 1 nitrogen and oxygen atoms in total. The van der Waals surface area contributed by atoms with E-state index in [0.717, 1.165) is 5.75 Å². The molecule has 0 N–H and O–H groups in total. The van der Waals surface area contributed by atoms with Crippen LogP contribution in [0.1, 0.15) is 6.92 Å². The van der Waals surface area contributed by atoms with Crippen LogP contribution in [0.15, 0.2) is 24.3 Å². The molecule has 0 fully saturated rings. The number of halogens is 1. The first-order valence-corrected chi connectivity index (χ1v) is 7.50. The predicted octanol–water partition coefficient (Wildman–Crippen LogP) is 1.57. The van der Waals surface area contributed by atoms with Crippen LogP contribution in [0, 0.1) is 0 Å². The fraction of sp³-hybridized carbons (Fsp3) is 0.250. The van der Waals surface area contributed by atoms with Gasteiger partial charge < -0.3 is 0 Å². The van der Waals surface area contributed by atoms with Gasteiger partial charge in [-0.15, -0.1) is 0 Å². The standard InChI is InChI=1S/C8H9ClOTe/c1-2-10-7-5-3-4-6-8(7)11-9/h3-6H,2H2,1H3. The van der Waals surface area contributed by atoms with Crippen molar-refractivity contribution < 1.29 is 4.74 Å². The monoisotopic (exact) mass is 286 g/mol. The van der Waals surface area contributed by atoms with Gasteiger partial charge >= 0.3 is 80.7 Å². The maximum absolute atomic E-state index is 5.82. The Morgan fingerprint density at radius 2 is 2.18 bits per heavy atom. The van der Waals surface area contributed by atoms with E-state index in [2.05, 4.69) is 0 Å². The Morgan fingerprint density at radius 1 is 1.45 bits per heavy atom. The summed E-state index contributed by atoms with van der Waals surface area (Å²) in [6.45, 7) is 2.69. The van der Waals surface area contributed by atoms with Crippen LogP contribution in [0.4, 0.5) is 0 Å². The molecule has 0 aliphatic carbocycles. The third-order valence-electron chi connectivity index (χ3n) is 1.23. The Labute approximate surface area is 80.5 Å². The minimum atomic E-state index is -0.539. The summed E-state index contributed by atoms with van der Waals surface area (Å²) in [5.41, 5.74) is 0. The third kappa shape index (κ3) is 2.56. The second-order valence-electron chi connectivity index (χ2n) is 1.96. The first-order chi connectivity index (χ1) is 5.38. The molecule has 1 aromatic rings. The molecule has 60 valence electrons. The zero-order valence-corrected chi connectivity index (χ0v) is 9.30. The van der Waals surface area contributed by atoms with E-state index < -0.39 is 19.8 Å². The van der Waals surface area contributed by atoms with E-state index in [1.165, 1.54) is 3.61 Å². The van der Waals surface area contributed by atoms with E-state index in [9.17, 15) is 0 Å². The Bertz CT molecular complexity index is 227. The molecule has 0 aliphatic heterocycles. The maximum atomic E-state index is 5.82. The molecule has 0 atom stereocenters. The van der Waals surface area contributed by atoms with E-state index in [4.69, 9.17) is 13.7 Å². The quantitative estimate of drug-likeness (QED) is 0.766. The van der Waals surface area contributed by atoms with Gasteiger partial charge in [0.2, 0.25) is 0 Å². The zero-order chi connectivity index (χ0) is 8.10. The molecule has 0 aromatic heterocycles. The second-order valence-corrected chi connectivity index (χ2v) is 4.69. The summed E-state index contributed by atoms with van der Waals surface area (Å²) in [5, 5.41) is 0. The normalized spacial score (nSPS) is 9.64. The molecule has 0 heterocycles. The van der Waals surface area contributed by atoms with Gasteiger partial charge in [0.25, 0.3) is 0 Å². The number of hydrogen-bond acceptors (Lipinski definition) is 1. The van der Waals surface area contributed by atoms with Crippen LogP contribution < -0.4 is 8.35 Å². The molecule has 11 heavy (non-hydrogen) atoms. The van der Waals surface area contributed by atoms with Gasteiger partial charge in [-0.05, 0) is 0 Å². The van der Waals surface area contributed by atoms with Gasteiger partial charge in [0.1, 0.15) is 0 Å². The van der Waals surface area contributed by atoms with Crippen molar-refractivity contribution in [1.29, 1.82) is 0 Å². The molecule has 0 saturated carbocycles. The molecular formula is C8H9ClOTe. The van der Waals surface area contributed by atoms with Gasteiger partial charge in [0.05, 0.1) is 0 Å². The molecule has 0 saturated heterocycles. The van der Waals surface area contributed by atoms with Crippen molar-refractivity contribution in [1.82, 2.24) is 0 Å². The average Bonchev–Trinajstić information content (AvgIpc) is 2.06. The summed E-state index contributed by atoms with van der Waals surface area (Å²) in [5.74, 6) is 0.951. The fourth-order valence-electron chi connectivity index (χ4n) is 0.789. The molecule has 3 heteroatoms. The topological polar surface area (TPSA) is 9.23 Å². The molecule has 0 aliphatic rings. The van der Waals surface area contributed by atoms with Crippen LogP contribution in [0.25, 0.3) is 0 Å². The Morgan fingerprint density at radius 3 is 2.82 bits per heavy atom. The first kappa shape index (κ1) is 9.19. The fourth-order valence-corrected chi connectivity index (χ4v) is 2.59. The van der Waals surface area contributed by atoms with Crippen molar-refractivity contribution in [2.24, 2.45) is 0 Å². The summed E-state index contributed by atoms with van der Waals surface area (Å²) in [6, 6.07) is 7.95. The van der Waals surface area contributed by atoms with Crippen molar-refractivity contribution in [3.63, 3.8) is 0 Å². The first-order valence-electron chi connectivity index (χ1n) is 3.39. The van der Waals surface area contributed by atoms with Crippen molar-refractivity contribution in [2.75, 3.05) is 6.61 Å².